The van der Waals surface area contributed by atoms with Gasteiger partial charge in [0.05, 0.1) is 5.19 Å². The summed E-state index contributed by atoms with van der Waals surface area (Å²) in [5, 5.41) is -0.276. The first-order valence-corrected chi connectivity index (χ1v) is 6.78. The van der Waals surface area contributed by atoms with E-state index in [9.17, 15) is 13.2 Å². The van der Waals surface area contributed by atoms with E-state index < -0.39 is 26.0 Å². The summed E-state index contributed by atoms with van der Waals surface area (Å²) < 4.78 is 50.2. The summed E-state index contributed by atoms with van der Waals surface area (Å²) >= 11 is 0. The minimum absolute atomic E-state index is 0.276. The molecular formula is C10H13F3O2Si. The SMILES string of the molecule is CC[Si](OC)(OC)c1c(F)cc(F)cc1F. The van der Waals surface area contributed by atoms with Crippen molar-refractivity contribution in [1.29, 1.82) is 0 Å². The molecule has 90 valence electrons. The average Bonchev–Trinajstić information content (AvgIpc) is 2.23. The highest BCUT2D eigenvalue weighted by atomic mass is 28.4. The zero-order valence-electron chi connectivity index (χ0n) is 9.31. The third kappa shape index (κ3) is 2.13. The first kappa shape index (κ1) is 13.2. The molecule has 0 aliphatic heterocycles. The van der Waals surface area contributed by atoms with E-state index in [2.05, 4.69) is 0 Å². The second kappa shape index (κ2) is 4.99. The molecule has 0 N–H and O–H groups in total. The Morgan fingerprint density at radius 3 is 1.81 bits per heavy atom. The van der Waals surface area contributed by atoms with E-state index in [1.165, 1.54) is 14.2 Å². The van der Waals surface area contributed by atoms with Crippen LogP contribution in [0.2, 0.25) is 6.04 Å². The molecule has 0 aliphatic rings. The molecule has 0 atom stereocenters. The van der Waals surface area contributed by atoms with Gasteiger partial charge in [-0.05, 0) is 6.04 Å². The normalized spacial score (nSPS) is 11.9. The fourth-order valence-electron chi connectivity index (χ4n) is 1.66. The Labute approximate surface area is 93.2 Å². The average molecular weight is 250 g/mol. The van der Waals surface area contributed by atoms with Crippen LogP contribution in [-0.2, 0) is 8.85 Å². The highest BCUT2D eigenvalue weighted by Gasteiger charge is 2.41. The minimum atomic E-state index is -3.12. The molecule has 0 aliphatic carbocycles. The van der Waals surface area contributed by atoms with Gasteiger partial charge in [0.2, 0.25) is 0 Å². The van der Waals surface area contributed by atoms with Gasteiger partial charge in [-0.25, -0.2) is 13.2 Å². The fraction of sp³-hybridized carbons (Fsp3) is 0.400. The van der Waals surface area contributed by atoms with Gasteiger partial charge < -0.3 is 8.85 Å². The molecule has 0 heterocycles. The fourth-order valence-corrected chi connectivity index (χ4v) is 4.04. The highest BCUT2D eigenvalue weighted by molar-refractivity contribution is 6.81. The predicted octanol–water partition coefficient (Wildman–Crippen LogP) is 2.07. The van der Waals surface area contributed by atoms with Crippen molar-refractivity contribution >= 4 is 13.7 Å². The smallest absolute Gasteiger partial charge is 0.377 e. The van der Waals surface area contributed by atoms with Crippen LogP contribution in [0.5, 0.6) is 0 Å². The largest absolute Gasteiger partial charge is 0.394 e. The van der Waals surface area contributed by atoms with Crippen molar-refractivity contribution in [2.75, 3.05) is 14.2 Å². The van der Waals surface area contributed by atoms with Gasteiger partial charge in [0.25, 0.3) is 0 Å². The van der Waals surface area contributed by atoms with E-state index in [0.717, 1.165) is 0 Å². The van der Waals surface area contributed by atoms with E-state index in [1.807, 2.05) is 0 Å². The molecule has 0 amide bonds. The molecule has 1 aromatic carbocycles. The molecule has 16 heavy (non-hydrogen) atoms. The lowest BCUT2D eigenvalue weighted by Crippen LogP contribution is -2.54. The molecule has 1 rings (SSSR count). The maximum Gasteiger partial charge on any atom is 0.377 e. The number of benzene rings is 1. The zero-order valence-corrected chi connectivity index (χ0v) is 10.3. The summed E-state index contributed by atoms with van der Waals surface area (Å²) in [6.07, 6.45) is 0. The Morgan fingerprint density at radius 1 is 1.06 bits per heavy atom. The van der Waals surface area contributed by atoms with Gasteiger partial charge in [0, 0.05) is 26.4 Å². The van der Waals surface area contributed by atoms with Crippen LogP contribution in [0.4, 0.5) is 13.2 Å². The molecule has 6 heteroatoms. The Balaban J connectivity index is 3.40. The number of rotatable bonds is 4. The van der Waals surface area contributed by atoms with Crippen LogP contribution in [0.3, 0.4) is 0 Å². The van der Waals surface area contributed by atoms with Crippen molar-refractivity contribution in [1.82, 2.24) is 0 Å². The number of halogens is 3. The van der Waals surface area contributed by atoms with E-state index in [-0.39, 0.29) is 5.19 Å². The quantitative estimate of drug-likeness (QED) is 0.762. The predicted molar refractivity (Wildman–Crippen MR) is 56.2 cm³/mol. The van der Waals surface area contributed by atoms with Gasteiger partial charge in [0.1, 0.15) is 17.5 Å². The molecular weight excluding hydrogens is 237 g/mol. The summed E-state index contributed by atoms with van der Waals surface area (Å²) in [5.74, 6) is -2.88. The number of hydrogen-bond donors (Lipinski definition) is 0. The molecule has 2 nitrogen and oxygen atoms in total. The molecule has 0 unspecified atom stereocenters. The van der Waals surface area contributed by atoms with E-state index >= 15 is 0 Å². The van der Waals surface area contributed by atoms with Crippen molar-refractivity contribution in [2.45, 2.75) is 13.0 Å². The maximum absolute atomic E-state index is 13.6. The van der Waals surface area contributed by atoms with Crippen molar-refractivity contribution in [2.24, 2.45) is 0 Å². The summed E-state index contributed by atoms with van der Waals surface area (Å²) in [6.45, 7) is 1.71. The monoisotopic (exact) mass is 250 g/mol. The maximum atomic E-state index is 13.6. The number of hydrogen-bond acceptors (Lipinski definition) is 2. The molecule has 0 saturated heterocycles. The van der Waals surface area contributed by atoms with Crippen LogP contribution in [0.1, 0.15) is 6.92 Å². The van der Waals surface area contributed by atoms with Gasteiger partial charge in [0.15, 0.2) is 0 Å². The highest BCUT2D eigenvalue weighted by Crippen LogP contribution is 2.17. The van der Waals surface area contributed by atoms with Gasteiger partial charge in [-0.15, -0.1) is 0 Å². The van der Waals surface area contributed by atoms with Crippen LogP contribution in [0.25, 0.3) is 0 Å². The molecule has 1 aromatic rings. The molecule has 0 saturated carbocycles. The van der Waals surface area contributed by atoms with Gasteiger partial charge in [-0.2, -0.15) is 0 Å². The Bertz CT molecular complexity index is 349. The molecule has 0 radical (unpaired) electrons. The first-order chi connectivity index (χ1) is 7.50. The molecule has 0 aromatic heterocycles. The van der Waals surface area contributed by atoms with E-state index in [4.69, 9.17) is 8.85 Å². The third-order valence-electron chi connectivity index (χ3n) is 2.51. The second-order valence-electron chi connectivity index (χ2n) is 3.26. The summed E-state index contributed by atoms with van der Waals surface area (Å²) in [6, 6.07) is 1.60. The summed E-state index contributed by atoms with van der Waals surface area (Å²) in [5.41, 5.74) is 0. The Hall–Kier alpha value is -0.853. The van der Waals surface area contributed by atoms with Crippen molar-refractivity contribution in [3.05, 3.63) is 29.6 Å². The Kier molecular flexibility index (Phi) is 4.12. The lowest BCUT2D eigenvalue weighted by Gasteiger charge is -2.26. The third-order valence-corrected chi connectivity index (χ3v) is 6.00. The first-order valence-electron chi connectivity index (χ1n) is 4.76. The van der Waals surface area contributed by atoms with Crippen LogP contribution >= 0.6 is 0 Å². The van der Waals surface area contributed by atoms with E-state index in [0.29, 0.717) is 18.2 Å². The van der Waals surface area contributed by atoms with Gasteiger partial charge in [-0.1, -0.05) is 6.92 Å². The van der Waals surface area contributed by atoms with Crippen molar-refractivity contribution in [3.8, 4) is 0 Å². The lowest BCUT2D eigenvalue weighted by molar-refractivity contribution is 0.256. The van der Waals surface area contributed by atoms with Crippen LogP contribution in [-0.4, -0.2) is 22.8 Å². The van der Waals surface area contributed by atoms with Gasteiger partial charge in [-0.3, -0.25) is 0 Å². The van der Waals surface area contributed by atoms with Crippen LogP contribution in [0.15, 0.2) is 12.1 Å². The Morgan fingerprint density at radius 2 is 1.50 bits per heavy atom. The standard InChI is InChI=1S/C10H13F3O2Si/c1-4-16(14-2,15-3)10-8(12)5-7(11)6-9(10)13/h5-6H,4H2,1-3H3. The topological polar surface area (TPSA) is 18.5 Å². The molecule has 0 fully saturated rings. The van der Waals surface area contributed by atoms with E-state index in [1.54, 1.807) is 6.92 Å². The summed E-state index contributed by atoms with van der Waals surface area (Å²) in [7, 11) is -0.453. The second-order valence-corrected chi connectivity index (χ2v) is 6.79. The minimum Gasteiger partial charge on any atom is -0.394 e. The van der Waals surface area contributed by atoms with Gasteiger partial charge >= 0.3 is 8.56 Å². The van der Waals surface area contributed by atoms with Crippen molar-refractivity contribution < 1.29 is 22.0 Å². The zero-order chi connectivity index (χ0) is 12.3. The molecule has 0 bridgehead atoms. The molecule has 0 spiro atoms. The summed E-state index contributed by atoms with van der Waals surface area (Å²) in [4.78, 5) is 0. The van der Waals surface area contributed by atoms with Crippen LogP contribution in [0, 0.1) is 17.5 Å². The van der Waals surface area contributed by atoms with Crippen LogP contribution < -0.4 is 5.19 Å². The lowest BCUT2D eigenvalue weighted by atomic mass is 10.3. The van der Waals surface area contributed by atoms with Crippen molar-refractivity contribution in [3.63, 3.8) is 0 Å².